The van der Waals surface area contributed by atoms with Gasteiger partial charge in [0.2, 0.25) is 0 Å². The van der Waals surface area contributed by atoms with Gasteiger partial charge in [-0.05, 0) is 32.1 Å². The molecule has 130 valence electrons. The zero-order valence-corrected chi connectivity index (χ0v) is 13.5. The Morgan fingerprint density at radius 3 is 2.13 bits per heavy atom. The van der Waals surface area contributed by atoms with Crippen molar-refractivity contribution in [2.75, 3.05) is 0 Å². The summed E-state index contributed by atoms with van der Waals surface area (Å²) in [4.78, 5) is 34.5. The predicted molar refractivity (Wildman–Crippen MR) is 81.6 cm³/mol. The van der Waals surface area contributed by atoms with Crippen LogP contribution in [0.1, 0.15) is 70.6 Å². The van der Waals surface area contributed by atoms with Crippen molar-refractivity contribution < 1.29 is 29.0 Å². The molecule has 2 aliphatic heterocycles. The molecule has 0 spiro atoms. The molecule has 2 aliphatic rings. The summed E-state index contributed by atoms with van der Waals surface area (Å²) in [7, 11) is 0. The maximum atomic E-state index is 11.8. The molecule has 0 bridgehead atoms. The zero-order chi connectivity index (χ0) is 16.7. The van der Waals surface area contributed by atoms with Gasteiger partial charge in [0.1, 0.15) is 17.7 Å². The predicted octanol–water partition coefficient (Wildman–Crippen LogP) is 2.06. The topological polar surface area (TPSA) is 89.9 Å². The molecule has 0 saturated carbocycles. The summed E-state index contributed by atoms with van der Waals surface area (Å²) >= 11 is 0. The first-order valence-electron chi connectivity index (χ1n) is 8.59. The molecular formula is C17H26O6. The number of esters is 1. The minimum absolute atomic E-state index is 0.00953. The van der Waals surface area contributed by atoms with Crippen LogP contribution in [0.5, 0.6) is 0 Å². The van der Waals surface area contributed by atoms with E-state index in [0.717, 1.165) is 6.42 Å². The van der Waals surface area contributed by atoms with Gasteiger partial charge in [-0.1, -0.05) is 0 Å². The monoisotopic (exact) mass is 326 g/mol. The van der Waals surface area contributed by atoms with E-state index >= 15 is 0 Å². The molecule has 2 rings (SSSR count). The zero-order valence-electron chi connectivity index (χ0n) is 13.5. The maximum absolute atomic E-state index is 11.8. The Morgan fingerprint density at radius 1 is 0.957 bits per heavy atom. The number of aliphatic hydroxyl groups excluding tert-OH is 1. The number of aliphatic hydroxyl groups is 1. The van der Waals surface area contributed by atoms with Gasteiger partial charge < -0.3 is 14.6 Å². The summed E-state index contributed by atoms with van der Waals surface area (Å²) in [5, 5.41) is 9.24. The summed E-state index contributed by atoms with van der Waals surface area (Å²) in [6.07, 6.45) is 5.34. The minimum atomic E-state index is -0.674. The van der Waals surface area contributed by atoms with Gasteiger partial charge >= 0.3 is 5.97 Å². The van der Waals surface area contributed by atoms with Gasteiger partial charge in [0.15, 0.2) is 6.29 Å². The molecule has 0 aromatic heterocycles. The fraction of sp³-hybridized carbons (Fsp3) is 0.824. The molecule has 2 heterocycles. The van der Waals surface area contributed by atoms with Crippen LogP contribution in [0.25, 0.3) is 0 Å². The summed E-state index contributed by atoms with van der Waals surface area (Å²) in [6, 6.07) is 0. The third-order valence-corrected chi connectivity index (χ3v) is 4.46. The molecule has 0 aliphatic carbocycles. The molecule has 0 aromatic rings. The van der Waals surface area contributed by atoms with Crippen LogP contribution in [-0.2, 0) is 23.9 Å². The van der Waals surface area contributed by atoms with Crippen LogP contribution in [0.3, 0.4) is 0 Å². The number of carbonyl (C=O) groups is 3. The van der Waals surface area contributed by atoms with Crippen LogP contribution in [0.4, 0.5) is 0 Å². The summed E-state index contributed by atoms with van der Waals surface area (Å²) in [5.41, 5.74) is 0. The normalized spacial score (nSPS) is 27.2. The molecule has 2 fully saturated rings. The number of cyclic esters (lactones) is 1. The Hall–Kier alpha value is -1.27. The van der Waals surface area contributed by atoms with Crippen LogP contribution < -0.4 is 0 Å². The number of hydrogen-bond acceptors (Lipinski definition) is 6. The van der Waals surface area contributed by atoms with Gasteiger partial charge in [0.05, 0.1) is 6.10 Å². The lowest BCUT2D eigenvalue weighted by molar-refractivity contribution is -0.142. The van der Waals surface area contributed by atoms with Crippen molar-refractivity contribution in [1.82, 2.24) is 0 Å². The molecule has 23 heavy (non-hydrogen) atoms. The van der Waals surface area contributed by atoms with E-state index in [-0.39, 0.29) is 29.7 Å². The van der Waals surface area contributed by atoms with E-state index in [1.807, 2.05) is 0 Å². The van der Waals surface area contributed by atoms with Gasteiger partial charge in [-0.2, -0.15) is 0 Å². The average Bonchev–Trinajstić information content (AvgIpc) is 3.11. The Balaban J connectivity index is 1.48. The van der Waals surface area contributed by atoms with Crippen LogP contribution in [0.15, 0.2) is 0 Å². The van der Waals surface area contributed by atoms with Crippen LogP contribution in [-0.4, -0.2) is 41.1 Å². The second-order valence-electron chi connectivity index (χ2n) is 6.45. The van der Waals surface area contributed by atoms with E-state index in [1.165, 1.54) is 0 Å². The number of hydrogen-bond donors (Lipinski definition) is 1. The second-order valence-corrected chi connectivity index (χ2v) is 6.45. The quantitative estimate of drug-likeness (QED) is 0.618. The van der Waals surface area contributed by atoms with Gasteiger partial charge in [-0.15, -0.1) is 0 Å². The standard InChI is InChI=1S/C17H26O6/c18-12(4-6-14-8-10-16(20)22-14)2-1-3-13(19)5-7-15-9-11-17(21)23-15/h14-16,20H,1-11H2. The van der Waals surface area contributed by atoms with E-state index in [4.69, 9.17) is 9.47 Å². The lowest BCUT2D eigenvalue weighted by Crippen LogP contribution is -2.12. The van der Waals surface area contributed by atoms with Crippen molar-refractivity contribution in [3.05, 3.63) is 0 Å². The van der Waals surface area contributed by atoms with Crippen molar-refractivity contribution in [1.29, 1.82) is 0 Å². The number of carbonyl (C=O) groups excluding carboxylic acids is 3. The van der Waals surface area contributed by atoms with E-state index in [1.54, 1.807) is 0 Å². The van der Waals surface area contributed by atoms with Crippen molar-refractivity contribution in [2.24, 2.45) is 0 Å². The fourth-order valence-electron chi connectivity index (χ4n) is 3.06. The molecule has 0 aromatic carbocycles. The number of Topliss-reactive ketones (excluding diaryl/α,β-unsaturated/α-hetero) is 2. The lowest BCUT2D eigenvalue weighted by Gasteiger charge is -2.09. The van der Waals surface area contributed by atoms with Crippen LogP contribution >= 0.6 is 0 Å². The average molecular weight is 326 g/mol. The molecule has 3 atom stereocenters. The number of rotatable bonds is 10. The minimum Gasteiger partial charge on any atom is -0.462 e. The highest BCUT2D eigenvalue weighted by Gasteiger charge is 2.24. The molecule has 0 radical (unpaired) electrons. The van der Waals surface area contributed by atoms with E-state index < -0.39 is 6.29 Å². The van der Waals surface area contributed by atoms with Crippen LogP contribution in [0, 0.1) is 0 Å². The SMILES string of the molecule is O=C(CCCC(=O)CCC1CCC(O)O1)CCC1CCC(=O)O1. The van der Waals surface area contributed by atoms with Crippen LogP contribution in [0.2, 0.25) is 0 Å². The van der Waals surface area contributed by atoms with E-state index in [2.05, 4.69) is 0 Å². The Labute approximate surface area is 136 Å². The molecule has 3 unspecified atom stereocenters. The number of ether oxygens (including phenoxy) is 2. The molecule has 6 heteroatoms. The van der Waals surface area contributed by atoms with Crippen molar-refractivity contribution >= 4 is 17.5 Å². The highest BCUT2D eigenvalue weighted by molar-refractivity contribution is 5.81. The highest BCUT2D eigenvalue weighted by atomic mass is 16.6. The van der Waals surface area contributed by atoms with E-state index in [0.29, 0.717) is 64.2 Å². The number of ketones is 2. The van der Waals surface area contributed by atoms with E-state index in [9.17, 15) is 19.5 Å². The van der Waals surface area contributed by atoms with Gasteiger partial charge in [-0.3, -0.25) is 14.4 Å². The first-order chi connectivity index (χ1) is 11.0. The molecule has 6 nitrogen and oxygen atoms in total. The third-order valence-electron chi connectivity index (χ3n) is 4.46. The second kappa shape index (κ2) is 9.13. The van der Waals surface area contributed by atoms with Gasteiger partial charge in [0.25, 0.3) is 0 Å². The lowest BCUT2D eigenvalue weighted by atomic mass is 10.0. The molecule has 1 N–H and O–H groups in total. The molecule has 0 amide bonds. The third kappa shape index (κ3) is 6.79. The molecular weight excluding hydrogens is 300 g/mol. The smallest absolute Gasteiger partial charge is 0.306 e. The Morgan fingerprint density at radius 2 is 1.61 bits per heavy atom. The van der Waals surface area contributed by atoms with Gasteiger partial charge in [-0.25, -0.2) is 0 Å². The Bertz CT molecular complexity index is 433. The Kier molecular flexibility index (Phi) is 7.17. The fourth-order valence-corrected chi connectivity index (χ4v) is 3.06. The van der Waals surface area contributed by atoms with Crippen molar-refractivity contribution in [3.63, 3.8) is 0 Å². The maximum Gasteiger partial charge on any atom is 0.306 e. The first kappa shape index (κ1) is 18.1. The summed E-state index contributed by atoms with van der Waals surface area (Å²) in [5.74, 6) is 0.0994. The summed E-state index contributed by atoms with van der Waals surface area (Å²) in [6.45, 7) is 0. The van der Waals surface area contributed by atoms with Crippen molar-refractivity contribution in [3.8, 4) is 0 Å². The first-order valence-corrected chi connectivity index (χ1v) is 8.59. The molecule has 2 saturated heterocycles. The van der Waals surface area contributed by atoms with Gasteiger partial charge in [0, 0.05) is 38.5 Å². The largest absolute Gasteiger partial charge is 0.462 e. The van der Waals surface area contributed by atoms with Crippen molar-refractivity contribution in [2.45, 2.75) is 89.1 Å². The summed E-state index contributed by atoms with van der Waals surface area (Å²) < 4.78 is 10.3. The highest BCUT2D eigenvalue weighted by Crippen LogP contribution is 2.22.